The Bertz CT molecular complexity index is 382. The molecule has 1 heterocycles. The minimum atomic E-state index is 0.512. The van der Waals surface area contributed by atoms with Gasteiger partial charge < -0.3 is 10.2 Å². The lowest BCUT2D eigenvalue weighted by Crippen LogP contribution is -2.19. The van der Waals surface area contributed by atoms with Crippen molar-refractivity contribution in [2.24, 2.45) is 5.92 Å². The molecule has 0 saturated heterocycles. The molecule has 0 atom stereocenters. The molecule has 3 nitrogen and oxygen atoms in total. The number of rotatable bonds is 7. The van der Waals surface area contributed by atoms with E-state index in [1.54, 1.807) is 0 Å². The molecule has 18 heavy (non-hydrogen) atoms. The van der Waals surface area contributed by atoms with Crippen molar-refractivity contribution in [3.8, 4) is 0 Å². The summed E-state index contributed by atoms with van der Waals surface area (Å²) in [5.41, 5.74) is 1.28. The molecule has 0 aliphatic heterocycles. The Morgan fingerprint density at radius 3 is 2.72 bits per heavy atom. The quantitative estimate of drug-likeness (QED) is 0.822. The van der Waals surface area contributed by atoms with Gasteiger partial charge in [-0.05, 0) is 31.2 Å². The number of hydrogen-bond acceptors (Lipinski definition) is 4. The van der Waals surface area contributed by atoms with E-state index >= 15 is 0 Å². The number of nitrogens with one attached hydrogen (secondary N) is 1. The van der Waals surface area contributed by atoms with E-state index in [-0.39, 0.29) is 0 Å². The summed E-state index contributed by atoms with van der Waals surface area (Å²) in [4.78, 5) is 8.59. The van der Waals surface area contributed by atoms with Crippen LogP contribution in [0.5, 0.6) is 0 Å². The molecule has 1 fully saturated rings. The fourth-order valence-electron chi connectivity index (χ4n) is 2.10. The van der Waals surface area contributed by atoms with E-state index in [2.05, 4.69) is 38.0 Å². The third-order valence-corrected chi connectivity index (χ3v) is 4.54. The summed E-state index contributed by atoms with van der Waals surface area (Å²) in [6.07, 6.45) is 2.80. The molecule has 4 heteroatoms. The van der Waals surface area contributed by atoms with Crippen LogP contribution in [0.4, 0.5) is 5.13 Å². The molecule has 1 N–H and O–H groups in total. The van der Waals surface area contributed by atoms with E-state index in [9.17, 15) is 0 Å². The average molecular weight is 267 g/mol. The first kappa shape index (κ1) is 13.8. The number of anilines is 1. The van der Waals surface area contributed by atoms with Gasteiger partial charge in [0.15, 0.2) is 5.13 Å². The third-order valence-electron chi connectivity index (χ3n) is 3.35. The van der Waals surface area contributed by atoms with Crippen LogP contribution in [-0.4, -0.2) is 25.1 Å². The molecular formula is C14H25N3S. The second-order valence-electron chi connectivity index (χ2n) is 5.56. The van der Waals surface area contributed by atoms with Crippen molar-refractivity contribution in [2.75, 3.05) is 25.0 Å². The second kappa shape index (κ2) is 6.02. The highest BCUT2D eigenvalue weighted by molar-refractivity contribution is 7.15. The van der Waals surface area contributed by atoms with Crippen molar-refractivity contribution in [3.05, 3.63) is 10.6 Å². The van der Waals surface area contributed by atoms with Gasteiger partial charge in [-0.1, -0.05) is 20.8 Å². The molecule has 0 spiro atoms. The monoisotopic (exact) mass is 267 g/mol. The van der Waals surface area contributed by atoms with Crippen molar-refractivity contribution in [3.63, 3.8) is 0 Å². The molecule has 1 aromatic rings. The lowest BCUT2D eigenvalue weighted by molar-refractivity contribution is 0.713. The molecule has 0 amide bonds. The van der Waals surface area contributed by atoms with Gasteiger partial charge in [-0.15, -0.1) is 11.3 Å². The Kier molecular flexibility index (Phi) is 4.62. The first-order chi connectivity index (χ1) is 8.61. The molecule has 0 aromatic carbocycles. The molecular weight excluding hydrogens is 242 g/mol. The van der Waals surface area contributed by atoms with Crippen LogP contribution >= 0.6 is 11.3 Å². The largest absolute Gasteiger partial charge is 0.351 e. The highest BCUT2D eigenvalue weighted by atomic mass is 32.1. The fraction of sp³-hybridized carbons (Fsp3) is 0.786. The van der Waals surface area contributed by atoms with Gasteiger partial charge in [-0.3, -0.25) is 0 Å². The van der Waals surface area contributed by atoms with Gasteiger partial charge in [0.25, 0.3) is 0 Å². The van der Waals surface area contributed by atoms with Crippen molar-refractivity contribution in [2.45, 2.75) is 46.1 Å². The van der Waals surface area contributed by atoms with Gasteiger partial charge in [0, 0.05) is 25.0 Å². The van der Waals surface area contributed by atoms with Crippen LogP contribution in [0.2, 0.25) is 0 Å². The lowest BCUT2D eigenvalue weighted by Gasteiger charge is -2.14. The molecule has 1 aliphatic carbocycles. The van der Waals surface area contributed by atoms with E-state index in [0.717, 1.165) is 19.0 Å². The Labute approximate surface area is 115 Å². The Balaban J connectivity index is 2.09. The molecule has 0 bridgehead atoms. The minimum Gasteiger partial charge on any atom is -0.351 e. The Hall–Kier alpha value is -0.610. The van der Waals surface area contributed by atoms with Gasteiger partial charge >= 0.3 is 0 Å². The number of nitrogens with zero attached hydrogens (tertiary/aromatic N) is 2. The lowest BCUT2D eigenvalue weighted by atomic mass is 10.1. The van der Waals surface area contributed by atoms with Crippen molar-refractivity contribution in [1.82, 2.24) is 10.3 Å². The molecule has 1 saturated carbocycles. The van der Waals surface area contributed by atoms with Crippen molar-refractivity contribution >= 4 is 16.5 Å². The maximum Gasteiger partial charge on any atom is 0.185 e. The Morgan fingerprint density at radius 2 is 2.17 bits per heavy atom. The molecule has 0 radical (unpaired) electrons. The van der Waals surface area contributed by atoms with Crippen LogP contribution in [0.15, 0.2) is 0 Å². The number of hydrogen-bond donors (Lipinski definition) is 1. The fourth-order valence-corrected chi connectivity index (χ4v) is 3.25. The van der Waals surface area contributed by atoms with Gasteiger partial charge in [0.05, 0.1) is 5.69 Å². The van der Waals surface area contributed by atoms with E-state index in [4.69, 9.17) is 4.98 Å². The number of aromatic nitrogens is 1. The molecule has 102 valence electrons. The second-order valence-corrected chi connectivity index (χ2v) is 6.63. The summed E-state index contributed by atoms with van der Waals surface area (Å²) in [5, 5.41) is 4.61. The van der Waals surface area contributed by atoms with E-state index in [1.807, 2.05) is 11.3 Å². The first-order valence-electron chi connectivity index (χ1n) is 7.03. The van der Waals surface area contributed by atoms with Crippen molar-refractivity contribution < 1.29 is 0 Å². The van der Waals surface area contributed by atoms with Crippen LogP contribution in [0.1, 0.15) is 50.1 Å². The smallest absolute Gasteiger partial charge is 0.185 e. The topological polar surface area (TPSA) is 28.2 Å². The molecule has 2 rings (SSSR count). The van der Waals surface area contributed by atoms with Crippen LogP contribution < -0.4 is 10.2 Å². The normalized spacial score (nSPS) is 15.4. The third kappa shape index (κ3) is 3.45. The molecule has 1 aromatic heterocycles. The highest BCUT2D eigenvalue weighted by Crippen LogP contribution is 2.34. The van der Waals surface area contributed by atoms with Crippen LogP contribution in [0.3, 0.4) is 0 Å². The average Bonchev–Trinajstić information content (AvgIpc) is 3.03. The minimum absolute atomic E-state index is 0.512. The van der Waals surface area contributed by atoms with Crippen LogP contribution in [0.25, 0.3) is 0 Å². The summed E-state index contributed by atoms with van der Waals surface area (Å²) in [7, 11) is 2.18. The predicted octanol–water partition coefficient (Wildman–Crippen LogP) is 3.22. The van der Waals surface area contributed by atoms with E-state index in [1.165, 1.54) is 35.1 Å². The molecule has 0 unspecified atom stereocenters. The zero-order valence-electron chi connectivity index (χ0n) is 12.0. The summed E-state index contributed by atoms with van der Waals surface area (Å²) < 4.78 is 0. The van der Waals surface area contributed by atoms with E-state index in [0.29, 0.717) is 5.92 Å². The van der Waals surface area contributed by atoms with Gasteiger partial charge in [0.2, 0.25) is 0 Å². The highest BCUT2D eigenvalue weighted by Gasteiger charge is 2.25. The van der Waals surface area contributed by atoms with Crippen LogP contribution in [-0.2, 0) is 6.54 Å². The zero-order chi connectivity index (χ0) is 13.1. The first-order valence-corrected chi connectivity index (χ1v) is 7.84. The summed E-state index contributed by atoms with van der Waals surface area (Å²) in [5.74, 6) is 1.43. The SMILES string of the molecule is CCNCc1sc(N(C)CC2CC2)nc1C(C)C. The van der Waals surface area contributed by atoms with Crippen molar-refractivity contribution in [1.29, 1.82) is 0 Å². The Morgan fingerprint density at radius 1 is 1.44 bits per heavy atom. The summed E-state index contributed by atoms with van der Waals surface area (Å²) in [6, 6.07) is 0. The maximum atomic E-state index is 4.85. The standard InChI is InChI=1S/C14H25N3S/c1-5-15-8-12-13(10(2)3)16-14(18-12)17(4)9-11-6-7-11/h10-11,15H,5-9H2,1-4H3. The zero-order valence-corrected chi connectivity index (χ0v) is 12.8. The molecule has 1 aliphatic rings. The van der Waals surface area contributed by atoms with Gasteiger partial charge in [-0.25, -0.2) is 4.98 Å². The predicted molar refractivity (Wildman–Crippen MR) is 79.6 cm³/mol. The van der Waals surface area contributed by atoms with Crippen LogP contribution in [0, 0.1) is 5.92 Å². The summed E-state index contributed by atoms with van der Waals surface area (Å²) >= 11 is 1.86. The van der Waals surface area contributed by atoms with Gasteiger partial charge in [-0.2, -0.15) is 0 Å². The summed E-state index contributed by atoms with van der Waals surface area (Å²) in [6.45, 7) is 9.76. The van der Waals surface area contributed by atoms with E-state index < -0.39 is 0 Å². The maximum absolute atomic E-state index is 4.85. The number of thiazole rings is 1. The van der Waals surface area contributed by atoms with Gasteiger partial charge in [0.1, 0.15) is 0 Å².